The predicted octanol–water partition coefficient (Wildman–Crippen LogP) is 2.21. The number of hydrogen-bond acceptors (Lipinski definition) is 2. The third-order valence-corrected chi connectivity index (χ3v) is 2.76. The summed E-state index contributed by atoms with van der Waals surface area (Å²) in [6.07, 6.45) is 2.02. The molecule has 1 unspecified atom stereocenters. The third kappa shape index (κ3) is 4.02. The van der Waals surface area contributed by atoms with Gasteiger partial charge in [0.25, 0.3) is 0 Å². The first-order valence-corrected chi connectivity index (χ1v) is 5.44. The highest BCUT2D eigenvalue weighted by molar-refractivity contribution is 5.29. The van der Waals surface area contributed by atoms with E-state index in [1.54, 1.807) is 7.11 Å². The molecule has 0 aliphatic carbocycles. The van der Waals surface area contributed by atoms with Gasteiger partial charge in [0.2, 0.25) is 0 Å². The lowest BCUT2D eigenvalue weighted by Gasteiger charge is -2.10. The summed E-state index contributed by atoms with van der Waals surface area (Å²) in [5, 5.41) is 0. The molecule has 0 aromatic heterocycles. The van der Waals surface area contributed by atoms with E-state index >= 15 is 0 Å². The molecule has 2 nitrogen and oxygen atoms in total. The second-order valence-corrected chi connectivity index (χ2v) is 4.17. The molecular formula is C13H21NO. The number of ether oxygens (including phenoxy) is 1. The number of rotatable bonds is 5. The van der Waals surface area contributed by atoms with Crippen LogP contribution in [0.1, 0.15) is 23.1 Å². The Morgan fingerprint density at radius 3 is 2.60 bits per heavy atom. The molecule has 1 aromatic carbocycles. The Kier molecular flexibility index (Phi) is 4.79. The van der Waals surface area contributed by atoms with Crippen LogP contribution in [0.15, 0.2) is 18.2 Å². The van der Waals surface area contributed by atoms with E-state index in [1.807, 2.05) is 0 Å². The molecule has 0 amide bonds. The predicted molar refractivity (Wildman–Crippen MR) is 64.1 cm³/mol. The summed E-state index contributed by atoms with van der Waals surface area (Å²) in [6.45, 7) is 4.93. The molecule has 0 aliphatic rings. The van der Waals surface area contributed by atoms with Crippen molar-refractivity contribution in [3.8, 4) is 0 Å². The molecule has 0 bridgehead atoms. The molecule has 0 spiro atoms. The number of methoxy groups -OCH3 is 1. The maximum absolute atomic E-state index is 5.88. The number of benzene rings is 1. The Labute approximate surface area is 92.4 Å². The highest BCUT2D eigenvalue weighted by atomic mass is 16.5. The Morgan fingerprint density at radius 1 is 1.27 bits per heavy atom. The van der Waals surface area contributed by atoms with Crippen molar-refractivity contribution in [2.75, 3.05) is 13.7 Å². The van der Waals surface area contributed by atoms with E-state index in [1.165, 1.54) is 16.7 Å². The second kappa shape index (κ2) is 5.89. The fourth-order valence-electron chi connectivity index (χ4n) is 1.61. The minimum absolute atomic E-state index is 0.150. The standard InChI is InChI=1S/C13H21NO/c1-10-4-5-12(8-11(10)2)6-7-13(14)9-15-3/h4-5,8,13H,6-7,9,14H2,1-3H3. The number of nitrogens with two attached hydrogens (primary N) is 1. The molecule has 1 rings (SSSR count). The van der Waals surface area contributed by atoms with Gasteiger partial charge in [0.15, 0.2) is 0 Å². The first-order chi connectivity index (χ1) is 7.13. The van der Waals surface area contributed by atoms with Gasteiger partial charge in [-0.3, -0.25) is 0 Å². The topological polar surface area (TPSA) is 35.2 Å². The Balaban J connectivity index is 2.47. The van der Waals surface area contributed by atoms with E-state index in [2.05, 4.69) is 32.0 Å². The molecule has 0 saturated heterocycles. The molecule has 0 fully saturated rings. The smallest absolute Gasteiger partial charge is 0.0613 e. The van der Waals surface area contributed by atoms with Crippen molar-refractivity contribution >= 4 is 0 Å². The molecule has 0 saturated carbocycles. The van der Waals surface area contributed by atoms with Gasteiger partial charge in [0.05, 0.1) is 6.61 Å². The van der Waals surface area contributed by atoms with E-state index in [0.717, 1.165) is 12.8 Å². The van der Waals surface area contributed by atoms with E-state index in [4.69, 9.17) is 10.5 Å². The van der Waals surface area contributed by atoms with Crippen LogP contribution in [0.2, 0.25) is 0 Å². The van der Waals surface area contributed by atoms with Crippen LogP contribution < -0.4 is 5.73 Å². The normalized spacial score (nSPS) is 12.8. The van der Waals surface area contributed by atoms with E-state index in [0.29, 0.717) is 6.61 Å². The molecule has 0 radical (unpaired) electrons. The van der Waals surface area contributed by atoms with Crippen molar-refractivity contribution in [1.29, 1.82) is 0 Å². The number of hydrogen-bond donors (Lipinski definition) is 1. The third-order valence-electron chi connectivity index (χ3n) is 2.76. The SMILES string of the molecule is COCC(N)CCc1ccc(C)c(C)c1. The van der Waals surface area contributed by atoms with Crippen molar-refractivity contribution < 1.29 is 4.74 Å². The van der Waals surface area contributed by atoms with Crippen LogP contribution in [0, 0.1) is 13.8 Å². The summed E-state index contributed by atoms with van der Waals surface area (Å²) in [5.41, 5.74) is 9.94. The average molecular weight is 207 g/mol. The first-order valence-electron chi connectivity index (χ1n) is 5.44. The van der Waals surface area contributed by atoms with Crippen molar-refractivity contribution in [2.45, 2.75) is 32.7 Å². The lowest BCUT2D eigenvalue weighted by Crippen LogP contribution is -2.26. The highest BCUT2D eigenvalue weighted by Gasteiger charge is 2.03. The van der Waals surface area contributed by atoms with E-state index in [9.17, 15) is 0 Å². The zero-order chi connectivity index (χ0) is 11.3. The summed E-state index contributed by atoms with van der Waals surface area (Å²) in [4.78, 5) is 0. The zero-order valence-electron chi connectivity index (χ0n) is 9.92. The summed E-state index contributed by atoms with van der Waals surface area (Å²) in [5.74, 6) is 0. The van der Waals surface area contributed by atoms with Gasteiger partial charge in [0.1, 0.15) is 0 Å². The van der Waals surface area contributed by atoms with Gasteiger partial charge in [-0.05, 0) is 43.4 Å². The maximum Gasteiger partial charge on any atom is 0.0613 e. The minimum atomic E-state index is 0.150. The summed E-state index contributed by atoms with van der Waals surface area (Å²) in [7, 11) is 1.69. The van der Waals surface area contributed by atoms with Crippen LogP contribution in [-0.2, 0) is 11.2 Å². The molecule has 84 valence electrons. The average Bonchev–Trinajstić information content (AvgIpc) is 2.20. The van der Waals surface area contributed by atoms with Gasteiger partial charge < -0.3 is 10.5 Å². The van der Waals surface area contributed by atoms with Gasteiger partial charge in [-0.25, -0.2) is 0 Å². The van der Waals surface area contributed by atoms with Crippen molar-refractivity contribution in [3.63, 3.8) is 0 Å². The Bertz CT molecular complexity index is 309. The van der Waals surface area contributed by atoms with Crippen molar-refractivity contribution in [1.82, 2.24) is 0 Å². The second-order valence-electron chi connectivity index (χ2n) is 4.17. The maximum atomic E-state index is 5.88. The van der Waals surface area contributed by atoms with Gasteiger partial charge in [-0.1, -0.05) is 18.2 Å². The van der Waals surface area contributed by atoms with Crippen molar-refractivity contribution in [3.05, 3.63) is 34.9 Å². The van der Waals surface area contributed by atoms with Crippen LogP contribution in [0.3, 0.4) is 0 Å². The first kappa shape index (κ1) is 12.2. The largest absolute Gasteiger partial charge is 0.383 e. The summed E-state index contributed by atoms with van der Waals surface area (Å²) < 4.78 is 5.01. The van der Waals surface area contributed by atoms with Gasteiger partial charge in [-0.2, -0.15) is 0 Å². The van der Waals surface area contributed by atoms with E-state index < -0.39 is 0 Å². The van der Waals surface area contributed by atoms with Gasteiger partial charge >= 0.3 is 0 Å². The molecule has 2 heteroatoms. The summed E-state index contributed by atoms with van der Waals surface area (Å²) >= 11 is 0. The van der Waals surface area contributed by atoms with E-state index in [-0.39, 0.29) is 6.04 Å². The fraction of sp³-hybridized carbons (Fsp3) is 0.538. The van der Waals surface area contributed by atoms with Gasteiger partial charge in [0, 0.05) is 13.2 Å². The van der Waals surface area contributed by atoms with Crippen molar-refractivity contribution in [2.24, 2.45) is 5.73 Å². The molecule has 1 atom stereocenters. The molecule has 1 aromatic rings. The molecular weight excluding hydrogens is 186 g/mol. The Morgan fingerprint density at radius 2 is 2.00 bits per heavy atom. The minimum Gasteiger partial charge on any atom is -0.383 e. The molecule has 2 N–H and O–H groups in total. The molecule has 0 heterocycles. The lowest BCUT2D eigenvalue weighted by atomic mass is 10.0. The van der Waals surface area contributed by atoms with Gasteiger partial charge in [-0.15, -0.1) is 0 Å². The molecule has 15 heavy (non-hydrogen) atoms. The lowest BCUT2D eigenvalue weighted by molar-refractivity contribution is 0.177. The summed E-state index contributed by atoms with van der Waals surface area (Å²) in [6, 6.07) is 6.75. The zero-order valence-corrected chi connectivity index (χ0v) is 9.92. The van der Waals surface area contributed by atoms with Crippen LogP contribution in [0.25, 0.3) is 0 Å². The highest BCUT2D eigenvalue weighted by Crippen LogP contribution is 2.11. The molecule has 0 aliphatic heterocycles. The Hall–Kier alpha value is -0.860. The van der Waals surface area contributed by atoms with Crippen LogP contribution in [-0.4, -0.2) is 19.8 Å². The van der Waals surface area contributed by atoms with Crippen LogP contribution in [0.4, 0.5) is 0 Å². The monoisotopic (exact) mass is 207 g/mol. The van der Waals surface area contributed by atoms with Crippen LogP contribution >= 0.6 is 0 Å². The number of aryl methyl sites for hydroxylation is 3. The fourth-order valence-corrected chi connectivity index (χ4v) is 1.61. The quantitative estimate of drug-likeness (QED) is 0.803. The van der Waals surface area contributed by atoms with Crippen LogP contribution in [0.5, 0.6) is 0 Å².